The fourth-order valence-electron chi connectivity index (χ4n) is 2.41. The van der Waals surface area contributed by atoms with Crippen LogP contribution >= 0.6 is 0 Å². The van der Waals surface area contributed by atoms with E-state index in [1.807, 2.05) is 18.2 Å². The van der Waals surface area contributed by atoms with Gasteiger partial charge in [-0.25, -0.2) is 13.6 Å². The highest BCUT2D eigenvalue weighted by molar-refractivity contribution is 7.89. The van der Waals surface area contributed by atoms with Gasteiger partial charge in [-0.15, -0.1) is 0 Å². The molecule has 1 aromatic heterocycles. The van der Waals surface area contributed by atoms with Crippen LogP contribution in [0, 0.1) is 0 Å². The Morgan fingerprint density at radius 2 is 1.88 bits per heavy atom. The van der Waals surface area contributed by atoms with E-state index in [0.717, 1.165) is 5.39 Å². The number of furan rings is 1. The lowest BCUT2D eigenvalue weighted by molar-refractivity contribution is 0.0914. The van der Waals surface area contributed by atoms with Crippen molar-refractivity contribution in [3.8, 4) is 0 Å². The van der Waals surface area contributed by atoms with Gasteiger partial charge in [-0.05, 0) is 36.8 Å². The van der Waals surface area contributed by atoms with Crippen molar-refractivity contribution >= 4 is 26.9 Å². The predicted molar refractivity (Wildman–Crippen MR) is 89.9 cm³/mol. The molecule has 7 heteroatoms. The molecule has 1 heterocycles. The van der Waals surface area contributed by atoms with Crippen molar-refractivity contribution in [3.05, 3.63) is 65.9 Å². The number of para-hydroxylation sites is 1. The first-order chi connectivity index (χ1) is 11.3. The molecule has 1 atom stereocenters. The Kier molecular flexibility index (Phi) is 4.13. The largest absolute Gasteiger partial charge is 0.451 e. The lowest BCUT2D eigenvalue weighted by atomic mass is 10.1. The van der Waals surface area contributed by atoms with Crippen LogP contribution in [0.25, 0.3) is 11.0 Å². The van der Waals surface area contributed by atoms with Crippen LogP contribution in [0.4, 0.5) is 0 Å². The van der Waals surface area contributed by atoms with Crippen LogP contribution in [-0.4, -0.2) is 14.3 Å². The number of carbonyl (C=O) groups is 1. The van der Waals surface area contributed by atoms with Crippen LogP contribution in [0.5, 0.6) is 0 Å². The standard InChI is InChI=1S/C17H16N2O4S/c1-11(12-6-4-7-14(9-12)24(18,21)22)19-17(20)16-10-13-5-2-3-8-15(13)23-16/h2-11H,1H3,(H,19,20)(H2,18,21,22). The summed E-state index contributed by atoms with van der Waals surface area (Å²) in [7, 11) is -3.79. The Balaban J connectivity index is 1.81. The first kappa shape index (κ1) is 16.2. The number of benzene rings is 2. The molecule has 6 nitrogen and oxygen atoms in total. The smallest absolute Gasteiger partial charge is 0.287 e. The number of amides is 1. The molecule has 1 unspecified atom stereocenters. The molecule has 0 saturated carbocycles. The second-order valence-corrected chi connectivity index (χ2v) is 7.02. The van der Waals surface area contributed by atoms with E-state index in [0.29, 0.717) is 11.1 Å². The van der Waals surface area contributed by atoms with Crippen molar-refractivity contribution in [2.45, 2.75) is 17.9 Å². The molecular formula is C17H16N2O4S. The summed E-state index contributed by atoms with van der Waals surface area (Å²) in [5.74, 6) is -0.176. The quantitative estimate of drug-likeness (QED) is 0.759. The molecule has 0 aliphatic heterocycles. The zero-order chi connectivity index (χ0) is 17.3. The lowest BCUT2D eigenvalue weighted by Gasteiger charge is -2.14. The Bertz CT molecular complexity index is 975. The topological polar surface area (TPSA) is 102 Å². The summed E-state index contributed by atoms with van der Waals surface area (Å²) in [5, 5.41) is 8.75. The number of sulfonamides is 1. The van der Waals surface area contributed by atoms with Crippen LogP contribution in [0.15, 0.2) is 63.9 Å². The number of fused-ring (bicyclic) bond motifs is 1. The second kappa shape index (κ2) is 6.10. The predicted octanol–water partition coefficient (Wildman–Crippen LogP) is 2.57. The molecule has 0 aliphatic rings. The molecule has 0 saturated heterocycles. The van der Waals surface area contributed by atoms with Gasteiger partial charge >= 0.3 is 0 Å². The third kappa shape index (κ3) is 3.32. The molecule has 3 rings (SSSR count). The van der Waals surface area contributed by atoms with E-state index in [-0.39, 0.29) is 16.6 Å². The molecule has 3 N–H and O–H groups in total. The summed E-state index contributed by atoms with van der Waals surface area (Å²) in [5.41, 5.74) is 1.26. The van der Waals surface area contributed by atoms with Gasteiger partial charge in [-0.3, -0.25) is 4.79 Å². The molecule has 0 spiro atoms. The van der Waals surface area contributed by atoms with Gasteiger partial charge in [0, 0.05) is 5.39 Å². The highest BCUT2D eigenvalue weighted by Crippen LogP contribution is 2.21. The Labute approximate surface area is 139 Å². The van der Waals surface area contributed by atoms with E-state index in [9.17, 15) is 13.2 Å². The van der Waals surface area contributed by atoms with E-state index >= 15 is 0 Å². The molecule has 0 bridgehead atoms. The Hall–Kier alpha value is -2.64. The van der Waals surface area contributed by atoms with Crippen LogP contribution < -0.4 is 10.5 Å². The molecule has 0 aliphatic carbocycles. The highest BCUT2D eigenvalue weighted by atomic mass is 32.2. The molecule has 0 fully saturated rings. The van der Waals surface area contributed by atoms with Crippen molar-refractivity contribution < 1.29 is 17.6 Å². The fourth-order valence-corrected chi connectivity index (χ4v) is 2.97. The maximum atomic E-state index is 12.3. The van der Waals surface area contributed by atoms with Crippen molar-refractivity contribution in [2.75, 3.05) is 0 Å². The average molecular weight is 344 g/mol. The second-order valence-electron chi connectivity index (χ2n) is 5.46. The Morgan fingerprint density at radius 3 is 2.58 bits per heavy atom. The lowest BCUT2D eigenvalue weighted by Crippen LogP contribution is -2.26. The molecule has 2 aromatic carbocycles. The summed E-state index contributed by atoms with van der Waals surface area (Å²) >= 11 is 0. The summed E-state index contributed by atoms with van der Waals surface area (Å²) in [6.07, 6.45) is 0. The zero-order valence-electron chi connectivity index (χ0n) is 12.9. The van der Waals surface area contributed by atoms with E-state index < -0.39 is 16.1 Å². The summed E-state index contributed by atoms with van der Waals surface area (Å²) in [6.45, 7) is 1.75. The van der Waals surface area contributed by atoms with Crippen LogP contribution in [0.2, 0.25) is 0 Å². The number of carbonyl (C=O) groups excluding carboxylic acids is 1. The number of primary sulfonamides is 1. The first-order valence-corrected chi connectivity index (χ1v) is 8.81. The number of nitrogens with two attached hydrogens (primary N) is 1. The van der Waals surface area contributed by atoms with Crippen LogP contribution in [0.1, 0.15) is 29.1 Å². The maximum absolute atomic E-state index is 12.3. The van der Waals surface area contributed by atoms with E-state index in [1.54, 1.807) is 31.2 Å². The van der Waals surface area contributed by atoms with Gasteiger partial charge in [-0.1, -0.05) is 30.3 Å². The van der Waals surface area contributed by atoms with Gasteiger partial charge in [0.1, 0.15) is 5.58 Å². The van der Waals surface area contributed by atoms with Gasteiger partial charge in [0.15, 0.2) is 5.76 Å². The number of rotatable bonds is 4. The third-order valence-electron chi connectivity index (χ3n) is 3.68. The zero-order valence-corrected chi connectivity index (χ0v) is 13.7. The fraction of sp³-hybridized carbons (Fsp3) is 0.118. The normalized spacial score (nSPS) is 12.9. The van der Waals surface area contributed by atoms with E-state index in [1.165, 1.54) is 12.1 Å². The van der Waals surface area contributed by atoms with Gasteiger partial charge in [0.25, 0.3) is 5.91 Å². The minimum Gasteiger partial charge on any atom is -0.451 e. The minimum atomic E-state index is -3.79. The van der Waals surface area contributed by atoms with Crippen molar-refractivity contribution in [2.24, 2.45) is 5.14 Å². The number of hydrogen-bond donors (Lipinski definition) is 2. The van der Waals surface area contributed by atoms with Crippen molar-refractivity contribution in [1.82, 2.24) is 5.32 Å². The van der Waals surface area contributed by atoms with Crippen LogP contribution in [0.3, 0.4) is 0 Å². The van der Waals surface area contributed by atoms with Crippen molar-refractivity contribution in [1.29, 1.82) is 0 Å². The van der Waals surface area contributed by atoms with E-state index in [4.69, 9.17) is 9.56 Å². The molecular weight excluding hydrogens is 328 g/mol. The highest BCUT2D eigenvalue weighted by Gasteiger charge is 2.17. The monoisotopic (exact) mass is 344 g/mol. The number of hydrogen-bond acceptors (Lipinski definition) is 4. The summed E-state index contributed by atoms with van der Waals surface area (Å²) in [6, 6.07) is 14.7. The minimum absolute atomic E-state index is 0.00448. The van der Waals surface area contributed by atoms with Gasteiger partial charge in [-0.2, -0.15) is 0 Å². The molecule has 3 aromatic rings. The van der Waals surface area contributed by atoms with Crippen molar-refractivity contribution in [3.63, 3.8) is 0 Å². The van der Waals surface area contributed by atoms with Gasteiger partial charge in [0.2, 0.25) is 10.0 Å². The Morgan fingerprint density at radius 1 is 1.12 bits per heavy atom. The first-order valence-electron chi connectivity index (χ1n) is 7.27. The average Bonchev–Trinajstić information content (AvgIpc) is 2.98. The van der Waals surface area contributed by atoms with Gasteiger partial charge < -0.3 is 9.73 Å². The van der Waals surface area contributed by atoms with E-state index in [2.05, 4.69) is 5.32 Å². The van der Waals surface area contributed by atoms with Gasteiger partial charge in [0.05, 0.1) is 10.9 Å². The summed E-state index contributed by atoms with van der Waals surface area (Å²) in [4.78, 5) is 12.3. The number of nitrogens with one attached hydrogen (secondary N) is 1. The summed E-state index contributed by atoms with van der Waals surface area (Å²) < 4.78 is 28.4. The molecule has 24 heavy (non-hydrogen) atoms. The third-order valence-corrected chi connectivity index (χ3v) is 4.59. The maximum Gasteiger partial charge on any atom is 0.287 e. The SMILES string of the molecule is CC(NC(=O)c1cc2ccccc2o1)c1cccc(S(N)(=O)=O)c1. The molecule has 1 amide bonds. The van der Waals surface area contributed by atoms with Crippen LogP contribution in [-0.2, 0) is 10.0 Å². The molecule has 124 valence electrons. The molecule has 0 radical (unpaired) electrons.